The maximum Gasteiger partial charge on any atom is 0.260 e. The molecule has 1 saturated carbocycles. The second-order valence-corrected chi connectivity index (χ2v) is 13.5. The number of ether oxygens (including phenoxy) is 1. The monoisotopic (exact) mass is 576 g/mol. The number of nitrogens with one attached hydrogen (secondary N) is 1. The lowest BCUT2D eigenvalue weighted by Gasteiger charge is -2.41. The largest absolute Gasteiger partial charge is 0.393 e. The molecule has 7 heteroatoms. The van der Waals surface area contributed by atoms with Crippen molar-refractivity contribution in [2.24, 2.45) is 11.8 Å². The molecular formula is C32H49ClN2O3S. The Kier molecular flexibility index (Phi) is 12.4. The summed E-state index contributed by atoms with van der Waals surface area (Å²) in [6.45, 7) is 12.9. The highest BCUT2D eigenvalue weighted by atomic mass is 35.5. The molecule has 1 aromatic rings. The van der Waals surface area contributed by atoms with Crippen molar-refractivity contribution in [2.75, 3.05) is 26.7 Å². The van der Waals surface area contributed by atoms with Crippen LogP contribution in [-0.4, -0.2) is 59.6 Å². The average molecular weight is 577 g/mol. The van der Waals surface area contributed by atoms with Crippen LogP contribution in [0, 0.1) is 11.8 Å². The van der Waals surface area contributed by atoms with Crippen molar-refractivity contribution in [1.82, 2.24) is 9.62 Å². The smallest absolute Gasteiger partial charge is 0.260 e. The van der Waals surface area contributed by atoms with Crippen LogP contribution >= 0.6 is 23.5 Å². The molecule has 1 fully saturated rings. The molecular weight excluding hydrogens is 528 g/mol. The average Bonchev–Trinajstić information content (AvgIpc) is 2.88. The Hall–Kier alpha value is -1.31. The van der Waals surface area contributed by atoms with Crippen LogP contribution in [0.3, 0.4) is 0 Å². The number of aliphatic hydroxyl groups excluding tert-OH is 1. The van der Waals surface area contributed by atoms with Gasteiger partial charge in [-0.3, -0.25) is 9.52 Å². The van der Waals surface area contributed by atoms with E-state index >= 15 is 0 Å². The van der Waals surface area contributed by atoms with Gasteiger partial charge in [-0.25, -0.2) is 0 Å². The third-order valence-corrected chi connectivity index (χ3v) is 9.66. The first-order chi connectivity index (χ1) is 18.5. The molecule has 0 heterocycles. The van der Waals surface area contributed by atoms with Crippen molar-refractivity contribution in [2.45, 2.75) is 96.0 Å². The van der Waals surface area contributed by atoms with E-state index < -0.39 is 5.60 Å². The van der Waals surface area contributed by atoms with Gasteiger partial charge in [0.1, 0.15) is 0 Å². The zero-order valence-corrected chi connectivity index (χ0v) is 26.3. The van der Waals surface area contributed by atoms with Gasteiger partial charge in [0.25, 0.3) is 5.91 Å². The van der Waals surface area contributed by atoms with Gasteiger partial charge in [-0.15, -0.1) is 0 Å². The molecule has 5 nitrogen and oxygen atoms in total. The summed E-state index contributed by atoms with van der Waals surface area (Å²) >= 11 is 7.88. The van der Waals surface area contributed by atoms with E-state index in [0.29, 0.717) is 35.7 Å². The molecule has 0 spiro atoms. The normalized spacial score (nSPS) is 25.1. The molecule has 0 saturated heterocycles. The fraction of sp³-hybridized carbons (Fsp3) is 0.656. The van der Waals surface area contributed by atoms with Crippen LogP contribution in [0.25, 0.3) is 0 Å². The summed E-state index contributed by atoms with van der Waals surface area (Å²) in [6.07, 6.45) is 11.7. The fourth-order valence-electron chi connectivity index (χ4n) is 5.58. The zero-order chi connectivity index (χ0) is 28.6. The summed E-state index contributed by atoms with van der Waals surface area (Å²) in [5, 5.41) is 11.3. The molecule has 6 unspecified atom stereocenters. The highest BCUT2D eigenvalue weighted by Crippen LogP contribution is 2.38. The third-order valence-electron chi connectivity index (χ3n) is 8.39. The minimum Gasteiger partial charge on any atom is -0.393 e. The van der Waals surface area contributed by atoms with Crippen LogP contribution in [0.4, 0.5) is 0 Å². The molecule has 0 aliphatic heterocycles. The molecule has 2 N–H and O–H groups in total. The maximum absolute atomic E-state index is 12.6. The summed E-state index contributed by atoms with van der Waals surface area (Å²) in [4.78, 5) is 15.0. The standard InChI is InChI=1S/C32H49ClN2O3S/c1-7-9-25-18-28(33)11-13-30(25)27(20-35(6)19-26-10-12-29(26)23(4)36)21-38-32(5)16-14-24(15-17-32)31(37)34-39-22(3)8-2/h11,13-16,18,22-23,26-27,29,36H,7-10,12,17,19-21H2,1-6H3,(H,34,37). The van der Waals surface area contributed by atoms with Crippen LogP contribution < -0.4 is 4.72 Å². The van der Waals surface area contributed by atoms with Crippen molar-refractivity contribution in [3.63, 3.8) is 0 Å². The lowest BCUT2D eigenvalue weighted by atomic mass is 9.70. The number of halogens is 1. The first-order valence-electron chi connectivity index (χ1n) is 14.7. The van der Waals surface area contributed by atoms with Crippen molar-refractivity contribution < 1.29 is 14.6 Å². The number of amides is 1. The van der Waals surface area contributed by atoms with Gasteiger partial charge in [-0.05, 0) is 100 Å². The van der Waals surface area contributed by atoms with Crippen LogP contribution in [-0.2, 0) is 16.0 Å². The molecule has 0 radical (unpaired) electrons. The lowest BCUT2D eigenvalue weighted by Crippen LogP contribution is -2.42. The first-order valence-corrected chi connectivity index (χ1v) is 15.9. The Bertz CT molecular complexity index is 1010. The van der Waals surface area contributed by atoms with Gasteiger partial charge < -0.3 is 14.7 Å². The topological polar surface area (TPSA) is 61.8 Å². The predicted molar refractivity (Wildman–Crippen MR) is 165 cm³/mol. The van der Waals surface area contributed by atoms with E-state index in [-0.39, 0.29) is 17.9 Å². The van der Waals surface area contributed by atoms with Crippen LogP contribution in [0.5, 0.6) is 0 Å². The van der Waals surface area contributed by atoms with E-state index in [1.54, 1.807) is 0 Å². The van der Waals surface area contributed by atoms with Crippen molar-refractivity contribution in [1.29, 1.82) is 0 Å². The zero-order valence-electron chi connectivity index (χ0n) is 24.7. The van der Waals surface area contributed by atoms with E-state index in [1.165, 1.54) is 29.5 Å². The van der Waals surface area contributed by atoms with E-state index in [2.05, 4.69) is 56.5 Å². The molecule has 6 atom stereocenters. The molecule has 1 aromatic carbocycles. The summed E-state index contributed by atoms with van der Waals surface area (Å²) in [5.74, 6) is 1.09. The Morgan fingerprint density at radius 3 is 2.67 bits per heavy atom. The van der Waals surface area contributed by atoms with Crippen LogP contribution in [0.1, 0.15) is 83.8 Å². The fourth-order valence-corrected chi connectivity index (χ4v) is 6.37. The van der Waals surface area contributed by atoms with Gasteiger partial charge in [0.15, 0.2) is 0 Å². The van der Waals surface area contributed by atoms with Gasteiger partial charge >= 0.3 is 0 Å². The van der Waals surface area contributed by atoms with Crippen LogP contribution in [0.2, 0.25) is 5.02 Å². The molecule has 39 heavy (non-hydrogen) atoms. The lowest BCUT2D eigenvalue weighted by molar-refractivity contribution is -0.115. The predicted octanol–water partition coefficient (Wildman–Crippen LogP) is 6.94. The van der Waals surface area contributed by atoms with Crippen molar-refractivity contribution in [3.8, 4) is 0 Å². The molecule has 0 aromatic heterocycles. The number of likely N-dealkylation sites (N-methyl/N-ethyl adjacent to an activating group) is 1. The maximum atomic E-state index is 12.6. The van der Waals surface area contributed by atoms with Crippen molar-refractivity contribution in [3.05, 3.63) is 58.1 Å². The second-order valence-electron chi connectivity index (χ2n) is 11.8. The number of aryl methyl sites for hydroxylation is 1. The van der Waals surface area contributed by atoms with Crippen molar-refractivity contribution >= 4 is 29.5 Å². The Morgan fingerprint density at radius 1 is 1.31 bits per heavy atom. The van der Waals surface area contributed by atoms with E-state index in [0.717, 1.165) is 43.8 Å². The highest BCUT2D eigenvalue weighted by Gasteiger charge is 2.35. The molecule has 1 amide bonds. The number of carbonyl (C=O) groups excluding carboxylic acids is 1. The van der Waals surface area contributed by atoms with E-state index in [1.807, 2.05) is 31.2 Å². The minimum absolute atomic E-state index is 0.0463. The number of carbonyl (C=O) groups is 1. The number of benzene rings is 1. The van der Waals surface area contributed by atoms with Gasteiger partial charge in [0, 0.05) is 34.9 Å². The summed E-state index contributed by atoms with van der Waals surface area (Å²) < 4.78 is 9.60. The summed E-state index contributed by atoms with van der Waals surface area (Å²) in [6, 6.07) is 6.27. The molecule has 3 rings (SSSR count). The number of aliphatic hydroxyl groups is 1. The minimum atomic E-state index is -0.465. The Morgan fingerprint density at radius 2 is 2.08 bits per heavy atom. The molecule has 218 valence electrons. The number of hydrogen-bond acceptors (Lipinski definition) is 5. The second kappa shape index (κ2) is 15.1. The number of hydrogen-bond donors (Lipinski definition) is 2. The SMILES string of the molecule is CCCc1cc(Cl)ccc1C(COC1(C)C=CC(C(=O)NSC(C)CC)=CC1)CN(C)CC1CCC1C(C)O. The highest BCUT2D eigenvalue weighted by molar-refractivity contribution is 7.98. The molecule has 2 aliphatic rings. The molecule has 0 bridgehead atoms. The number of nitrogens with zero attached hydrogens (tertiary/aromatic N) is 1. The van der Waals surface area contributed by atoms with Gasteiger partial charge in [-0.2, -0.15) is 0 Å². The van der Waals surface area contributed by atoms with Gasteiger partial charge in [0.05, 0.1) is 18.3 Å². The summed E-state index contributed by atoms with van der Waals surface area (Å²) in [7, 11) is 2.19. The Labute approximate surface area is 245 Å². The molecule has 2 aliphatic carbocycles. The van der Waals surface area contributed by atoms with E-state index in [9.17, 15) is 9.90 Å². The quantitative estimate of drug-likeness (QED) is 0.221. The first kappa shape index (κ1) is 32.2. The summed E-state index contributed by atoms with van der Waals surface area (Å²) in [5.41, 5.74) is 2.82. The Balaban J connectivity index is 1.69. The van der Waals surface area contributed by atoms with E-state index in [4.69, 9.17) is 16.3 Å². The van der Waals surface area contributed by atoms with Crippen LogP contribution in [0.15, 0.2) is 42.0 Å². The number of rotatable bonds is 15. The van der Waals surface area contributed by atoms with Gasteiger partial charge in [0.2, 0.25) is 0 Å². The third kappa shape index (κ3) is 9.36. The van der Waals surface area contributed by atoms with Gasteiger partial charge in [-0.1, -0.05) is 63.1 Å².